The molecular formula is C17H29ClN2O3S. The van der Waals surface area contributed by atoms with Crippen LogP contribution in [0.1, 0.15) is 19.3 Å². The topological polar surface area (TPSA) is 58.6 Å². The maximum Gasteiger partial charge on any atom is 0.175 e. The van der Waals surface area contributed by atoms with Crippen LogP contribution in [0.15, 0.2) is 29.2 Å². The lowest BCUT2D eigenvalue weighted by Crippen LogP contribution is -2.37. The molecule has 1 heterocycles. The fourth-order valence-corrected chi connectivity index (χ4v) is 3.55. The first kappa shape index (κ1) is 21.2. The van der Waals surface area contributed by atoms with E-state index in [4.69, 9.17) is 4.74 Å². The second kappa shape index (κ2) is 10.2. The zero-order valence-corrected chi connectivity index (χ0v) is 16.2. The highest BCUT2D eigenvalue weighted by molar-refractivity contribution is 7.90. The molecule has 0 aliphatic carbocycles. The third kappa shape index (κ3) is 6.97. The van der Waals surface area contributed by atoms with Gasteiger partial charge in [-0.3, -0.25) is 4.90 Å². The molecule has 5 nitrogen and oxygen atoms in total. The number of hydrogen-bond acceptors (Lipinski definition) is 5. The van der Waals surface area contributed by atoms with Crippen molar-refractivity contribution in [1.82, 2.24) is 10.2 Å². The normalized spacial score (nSPS) is 16.6. The molecule has 1 saturated heterocycles. The van der Waals surface area contributed by atoms with Crippen LogP contribution in [0.2, 0.25) is 0 Å². The van der Waals surface area contributed by atoms with Crippen molar-refractivity contribution in [2.24, 2.45) is 5.92 Å². The van der Waals surface area contributed by atoms with E-state index in [2.05, 4.69) is 10.2 Å². The maximum atomic E-state index is 11.4. The summed E-state index contributed by atoms with van der Waals surface area (Å²) in [5.41, 5.74) is 0. The van der Waals surface area contributed by atoms with E-state index in [1.807, 2.05) is 7.05 Å². The van der Waals surface area contributed by atoms with E-state index >= 15 is 0 Å². The molecule has 0 aromatic heterocycles. The molecule has 1 fully saturated rings. The third-order valence-corrected chi connectivity index (χ3v) is 5.57. The molecule has 0 saturated carbocycles. The Balaban J connectivity index is 0.00000288. The molecule has 24 heavy (non-hydrogen) atoms. The van der Waals surface area contributed by atoms with Crippen molar-refractivity contribution in [2.45, 2.75) is 24.2 Å². The zero-order valence-electron chi connectivity index (χ0n) is 14.5. The fourth-order valence-electron chi connectivity index (χ4n) is 2.92. The minimum absolute atomic E-state index is 0. The molecule has 0 radical (unpaired) electrons. The summed E-state index contributed by atoms with van der Waals surface area (Å²) in [5, 5.41) is 3.22. The van der Waals surface area contributed by atoms with Crippen LogP contribution in [0.5, 0.6) is 5.75 Å². The first-order valence-electron chi connectivity index (χ1n) is 8.29. The number of rotatable bonds is 8. The van der Waals surface area contributed by atoms with Crippen molar-refractivity contribution in [2.75, 3.05) is 46.1 Å². The Morgan fingerprint density at radius 1 is 1.21 bits per heavy atom. The number of nitrogens with one attached hydrogen (secondary N) is 1. The Hall–Kier alpha value is -0.820. The van der Waals surface area contributed by atoms with Crippen LogP contribution < -0.4 is 10.1 Å². The van der Waals surface area contributed by atoms with Crippen LogP contribution in [0.4, 0.5) is 0 Å². The predicted octanol–water partition coefficient (Wildman–Crippen LogP) is 2.21. The van der Waals surface area contributed by atoms with Gasteiger partial charge in [0, 0.05) is 12.8 Å². The molecule has 7 heteroatoms. The summed E-state index contributed by atoms with van der Waals surface area (Å²) in [7, 11) is -1.13. The highest BCUT2D eigenvalue weighted by Crippen LogP contribution is 2.20. The summed E-state index contributed by atoms with van der Waals surface area (Å²) in [6.07, 6.45) is 5.02. The lowest BCUT2D eigenvalue weighted by Gasteiger charge is -2.31. The van der Waals surface area contributed by atoms with Gasteiger partial charge >= 0.3 is 0 Å². The number of nitrogens with zero attached hydrogens (tertiary/aromatic N) is 1. The average Bonchev–Trinajstić information content (AvgIpc) is 2.54. The van der Waals surface area contributed by atoms with Gasteiger partial charge < -0.3 is 10.1 Å². The van der Waals surface area contributed by atoms with Gasteiger partial charge in [0.1, 0.15) is 12.4 Å². The minimum Gasteiger partial charge on any atom is -0.492 e. The number of halogens is 1. The fraction of sp³-hybridized carbons (Fsp3) is 0.647. The van der Waals surface area contributed by atoms with Gasteiger partial charge in [-0.15, -0.1) is 12.4 Å². The van der Waals surface area contributed by atoms with Crippen molar-refractivity contribution >= 4 is 22.2 Å². The van der Waals surface area contributed by atoms with Gasteiger partial charge in [-0.05, 0) is 76.1 Å². The van der Waals surface area contributed by atoms with Gasteiger partial charge in [-0.2, -0.15) is 0 Å². The van der Waals surface area contributed by atoms with Gasteiger partial charge in [0.05, 0.1) is 4.90 Å². The molecule has 138 valence electrons. The third-order valence-electron chi connectivity index (χ3n) is 4.44. The maximum absolute atomic E-state index is 11.4. The molecule has 0 atom stereocenters. The van der Waals surface area contributed by atoms with E-state index in [-0.39, 0.29) is 12.4 Å². The number of likely N-dealkylation sites (tertiary alicyclic amines) is 1. The second-order valence-electron chi connectivity index (χ2n) is 6.27. The standard InChI is InChI=1S/C17H28N2O3S.ClH/c1-18-10-7-15-8-11-19(12-9-15)13-14-22-16-3-5-17(6-4-16)23(2,20)21;/h3-6,15,18H,7-14H2,1-2H3;1H. The Morgan fingerprint density at radius 2 is 1.83 bits per heavy atom. The van der Waals surface area contributed by atoms with Crippen molar-refractivity contribution in [3.63, 3.8) is 0 Å². The highest BCUT2D eigenvalue weighted by Gasteiger charge is 2.18. The Morgan fingerprint density at radius 3 is 2.38 bits per heavy atom. The first-order valence-corrected chi connectivity index (χ1v) is 10.2. The predicted molar refractivity (Wildman–Crippen MR) is 100 cm³/mol. The Labute approximate surface area is 152 Å². The van der Waals surface area contributed by atoms with Crippen molar-refractivity contribution < 1.29 is 13.2 Å². The summed E-state index contributed by atoms with van der Waals surface area (Å²) in [6.45, 7) is 4.96. The van der Waals surface area contributed by atoms with E-state index in [9.17, 15) is 8.42 Å². The van der Waals surface area contributed by atoms with Crippen LogP contribution in [-0.4, -0.2) is 59.4 Å². The number of ether oxygens (including phenoxy) is 1. The van der Waals surface area contributed by atoms with Crippen molar-refractivity contribution in [3.8, 4) is 5.75 Å². The number of hydrogen-bond donors (Lipinski definition) is 1. The molecule has 0 spiro atoms. The number of piperidine rings is 1. The van der Waals surface area contributed by atoms with Gasteiger partial charge in [0.25, 0.3) is 0 Å². The molecule has 0 amide bonds. The summed E-state index contributed by atoms with van der Waals surface area (Å²) < 4.78 is 28.5. The van der Waals surface area contributed by atoms with Crippen LogP contribution >= 0.6 is 12.4 Å². The zero-order chi connectivity index (χ0) is 16.7. The Bertz CT molecular complexity index is 570. The van der Waals surface area contributed by atoms with E-state index in [0.29, 0.717) is 11.5 Å². The van der Waals surface area contributed by atoms with Crippen molar-refractivity contribution in [1.29, 1.82) is 0 Å². The summed E-state index contributed by atoms with van der Waals surface area (Å²) >= 11 is 0. The average molecular weight is 377 g/mol. The number of benzene rings is 1. The van der Waals surface area contributed by atoms with Gasteiger partial charge in [0.15, 0.2) is 9.84 Å². The van der Waals surface area contributed by atoms with Crippen LogP contribution in [0, 0.1) is 5.92 Å². The molecule has 0 bridgehead atoms. The smallest absolute Gasteiger partial charge is 0.175 e. The largest absolute Gasteiger partial charge is 0.492 e. The molecule has 0 unspecified atom stereocenters. The van der Waals surface area contributed by atoms with Crippen LogP contribution in [-0.2, 0) is 9.84 Å². The molecule has 1 aromatic carbocycles. The molecule has 1 aliphatic rings. The minimum atomic E-state index is -3.14. The molecule has 1 N–H and O–H groups in total. The molecule has 1 aliphatic heterocycles. The second-order valence-corrected chi connectivity index (χ2v) is 8.29. The van der Waals surface area contributed by atoms with Gasteiger partial charge in [-0.1, -0.05) is 0 Å². The van der Waals surface area contributed by atoms with E-state index in [1.54, 1.807) is 24.3 Å². The first-order chi connectivity index (χ1) is 11.0. The summed E-state index contributed by atoms with van der Waals surface area (Å²) in [5.74, 6) is 1.57. The van der Waals surface area contributed by atoms with Crippen LogP contribution in [0.3, 0.4) is 0 Å². The number of sulfone groups is 1. The lowest BCUT2D eigenvalue weighted by molar-refractivity contribution is 0.151. The molecule has 2 rings (SSSR count). The molecule has 1 aromatic rings. The SMILES string of the molecule is CNCCC1CCN(CCOc2ccc(S(C)(=O)=O)cc2)CC1.Cl. The van der Waals surface area contributed by atoms with E-state index < -0.39 is 9.84 Å². The van der Waals surface area contributed by atoms with E-state index in [1.165, 1.54) is 25.5 Å². The van der Waals surface area contributed by atoms with Crippen molar-refractivity contribution in [3.05, 3.63) is 24.3 Å². The lowest BCUT2D eigenvalue weighted by atomic mass is 9.93. The van der Waals surface area contributed by atoms with Gasteiger partial charge in [0.2, 0.25) is 0 Å². The molecular weight excluding hydrogens is 348 g/mol. The quantitative estimate of drug-likeness (QED) is 0.753. The Kier molecular flexibility index (Phi) is 9.05. The van der Waals surface area contributed by atoms with Gasteiger partial charge in [-0.25, -0.2) is 8.42 Å². The van der Waals surface area contributed by atoms with Crippen LogP contribution in [0.25, 0.3) is 0 Å². The highest BCUT2D eigenvalue weighted by atomic mass is 35.5. The van der Waals surface area contributed by atoms with E-state index in [0.717, 1.165) is 37.8 Å². The summed E-state index contributed by atoms with van der Waals surface area (Å²) in [6, 6.07) is 6.64. The summed E-state index contributed by atoms with van der Waals surface area (Å²) in [4.78, 5) is 2.77. The monoisotopic (exact) mass is 376 g/mol.